The number of carbonyl (C=O) groups is 1. The van der Waals surface area contributed by atoms with E-state index in [0.717, 1.165) is 6.54 Å². The predicted octanol–water partition coefficient (Wildman–Crippen LogP) is 3.22. The average molecular weight is 447 g/mol. The first kappa shape index (κ1) is 22.7. The van der Waals surface area contributed by atoms with E-state index in [0.29, 0.717) is 24.8 Å². The highest BCUT2D eigenvalue weighted by molar-refractivity contribution is 14.0. The minimum Gasteiger partial charge on any atom is -0.463 e. The first-order valence-electron chi connectivity index (χ1n) is 8.13. The lowest BCUT2D eigenvalue weighted by atomic mass is 10.0. The normalized spacial score (nSPS) is 12.3. The van der Waals surface area contributed by atoms with Crippen LogP contribution in [0, 0.1) is 6.92 Å². The Labute approximate surface area is 162 Å². The number of hydrogen-bond donors (Lipinski definition) is 2. The SMILES string of the molecule is CN=C(NCCC(=O)OC(C)C)NCC(C)c1ccc(C)cc1.I. The highest BCUT2D eigenvalue weighted by Crippen LogP contribution is 2.14. The Morgan fingerprint density at radius 1 is 1.17 bits per heavy atom. The summed E-state index contributed by atoms with van der Waals surface area (Å²) < 4.78 is 5.09. The maximum atomic E-state index is 11.5. The second-order valence-electron chi connectivity index (χ2n) is 5.98. The molecule has 1 aromatic rings. The summed E-state index contributed by atoms with van der Waals surface area (Å²) in [5.74, 6) is 0.873. The number of ether oxygens (including phenoxy) is 1. The van der Waals surface area contributed by atoms with E-state index in [1.807, 2.05) is 13.8 Å². The van der Waals surface area contributed by atoms with Crippen LogP contribution in [0.25, 0.3) is 0 Å². The predicted molar refractivity (Wildman–Crippen MR) is 110 cm³/mol. The highest BCUT2D eigenvalue weighted by atomic mass is 127. The molecule has 0 heterocycles. The summed E-state index contributed by atoms with van der Waals surface area (Å²) in [6.45, 7) is 9.23. The molecule has 0 radical (unpaired) electrons. The number of nitrogens with one attached hydrogen (secondary N) is 2. The summed E-state index contributed by atoms with van der Waals surface area (Å²) in [7, 11) is 1.72. The van der Waals surface area contributed by atoms with Crippen LogP contribution in [0.4, 0.5) is 0 Å². The van der Waals surface area contributed by atoms with Crippen molar-refractivity contribution in [3.8, 4) is 0 Å². The fourth-order valence-corrected chi connectivity index (χ4v) is 2.09. The van der Waals surface area contributed by atoms with Gasteiger partial charge < -0.3 is 15.4 Å². The molecular weight excluding hydrogens is 417 g/mol. The quantitative estimate of drug-likeness (QED) is 0.292. The molecule has 1 rings (SSSR count). The molecule has 1 unspecified atom stereocenters. The van der Waals surface area contributed by atoms with E-state index < -0.39 is 0 Å². The number of guanidine groups is 1. The number of esters is 1. The molecule has 5 nitrogen and oxygen atoms in total. The van der Waals surface area contributed by atoms with E-state index in [9.17, 15) is 4.79 Å². The van der Waals surface area contributed by atoms with Crippen molar-refractivity contribution in [3.05, 3.63) is 35.4 Å². The molecule has 136 valence electrons. The van der Waals surface area contributed by atoms with Gasteiger partial charge in [0.1, 0.15) is 0 Å². The minimum atomic E-state index is -0.198. The Morgan fingerprint density at radius 3 is 2.33 bits per heavy atom. The van der Waals surface area contributed by atoms with Crippen molar-refractivity contribution in [2.24, 2.45) is 4.99 Å². The number of nitrogens with zero attached hydrogens (tertiary/aromatic N) is 1. The lowest BCUT2D eigenvalue weighted by Crippen LogP contribution is -2.40. The third-order valence-corrected chi connectivity index (χ3v) is 3.43. The molecule has 0 aliphatic heterocycles. The lowest BCUT2D eigenvalue weighted by Gasteiger charge is -2.16. The fourth-order valence-electron chi connectivity index (χ4n) is 2.09. The lowest BCUT2D eigenvalue weighted by molar-refractivity contribution is -0.147. The number of aliphatic imine (C=N–C) groups is 1. The maximum absolute atomic E-state index is 11.5. The molecule has 0 spiro atoms. The minimum absolute atomic E-state index is 0. The molecule has 24 heavy (non-hydrogen) atoms. The topological polar surface area (TPSA) is 62.7 Å². The second kappa shape index (κ2) is 12.1. The first-order valence-corrected chi connectivity index (χ1v) is 8.13. The molecule has 0 aromatic heterocycles. The summed E-state index contributed by atoms with van der Waals surface area (Å²) >= 11 is 0. The Kier molecular flexibility index (Phi) is 11.4. The highest BCUT2D eigenvalue weighted by Gasteiger charge is 2.08. The van der Waals surface area contributed by atoms with Crippen LogP contribution >= 0.6 is 24.0 Å². The molecule has 0 saturated carbocycles. The summed E-state index contributed by atoms with van der Waals surface area (Å²) in [6, 6.07) is 8.55. The molecule has 0 bridgehead atoms. The van der Waals surface area contributed by atoms with Gasteiger partial charge in [0.15, 0.2) is 5.96 Å². The van der Waals surface area contributed by atoms with E-state index in [1.54, 1.807) is 7.05 Å². The molecule has 0 saturated heterocycles. The molecule has 0 aliphatic rings. The molecule has 0 aliphatic carbocycles. The molecule has 6 heteroatoms. The van der Waals surface area contributed by atoms with Crippen LogP contribution in [0.2, 0.25) is 0 Å². The van der Waals surface area contributed by atoms with Crippen molar-refractivity contribution >= 4 is 35.9 Å². The van der Waals surface area contributed by atoms with Crippen LogP contribution in [0.3, 0.4) is 0 Å². The van der Waals surface area contributed by atoms with Crippen molar-refractivity contribution in [1.82, 2.24) is 10.6 Å². The largest absolute Gasteiger partial charge is 0.463 e. The van der Waals surface area contributed by atoms with Gasteiger partial charge in [-0.1, -0.05) is 36.8 Å². The zero-order chi connectivity index (χ0) is 17.2. The van der Waals surface area contributed by atoms with E-state index in [-0.39, 0.29) is 36.0 Å². The number of benzene rings is 1. The monoisotopic (exact) mass is 447 g/mol. The van der Waals surface area contributed by atoms with Gasteiger partial charge in [-0.2, -0.15) is 0 Å². The average Bonchev–Trinajstić information content (AvgIpc) is 2.50. The van der Waals surface area contributed by atoms with Crippen molar-refractivity contribution in [3.63, 3.8) is 0 Å². The van der Waals surface area contributed by atoms with Gasteiger partial charge in [-0.05, 0) is 32.3 Å². The van der Waals surface area contributed by atoms with E-state index >= 15 is 0 Å². The van der Waals surface area contributed by atoms with Crippen LogP contribution in [0.1, 0.15) is 44.2 Å². The Bertz CT molecular complexity index is 516. The zero-order valence-electron chi connectivity index (χ0n) is 15.3. The van der Waals surface area contributed by atoms with Gasteiger partial charge in [-0.15, -0.1) is 24.0 Å². The number of rotatable bonds is 7. The summed E-state index contributed by atoms with van der Waals surface area (Å²) in [4.78, 5) is 15.6. The van der Waals surface area contributed by atoms with Crippen LogP contribution in [0.15, 0.2) is 29.3 Å². The van der Waals surface area contributed by atoms with E-state index in [2.05, 4.69) is 53.7 Å². The Balaban J connectivity index is 0.00000529. The van der Waals surface area contributed by atoms with Crippen LogP contribution < -0.4 is 10.6 Å². The van der Waals surface area contributed by atoms with Gasteiger partial charge >= 0.3 is 5.97 Å². The number of aryl methyl sites for hydroxylation is 1. The van der Waals surface area contributed by atoms with Gasteiger partial charge in [-0.3, -0.25) is 9.79 Å². The number of halogens is 1. The molecule has 1 aromatic carbocycles. The zero-order valence-corrected chi connectivity index (χ0v) is 17.6. The van der Waals surface area contributed by atoms with Gasteiger partial charge in [-0.25, -0.2) is 0 Å². The molecule has 0 amide bonds. The first-order chi connectivity index (χ1) is 10.9. The number of hydrogen-bond acceptors (Lipinski definition) is 3. The van der Waals surface area contributed by atoms with Crippen LogP contribution in [-0.2, 0) is 9.53 Å². The van der Waals surface area contributed by atoms with Crippen molar-refractivity contribution < 1.29 is 9.53 Å². The number of carbonyl (C=O) groups excluding carboxylic acids is 1. The molecule has 1 atom stereocenters. The second-order valence-corrected chi connectivity index (χ2v) is 5.98. The fraction of sp³-hybridized carbons (Fsp3) is 0.556. The third kappa shape index (κ3) is 9.10. The van der Waals surface area contributed by atoms with E-state index in [4.69, 9.17) is 4.74 Å². The summed E-state index contributed by atoms with van der Waals surface area (Å²) in [5, 5.41) is 6.41. The molecule has 0 fully saturated rings. The molecule has 2 N–H and O–H groups in total. The Morgan fingerprint density at radius 2 is 1.79 bits per heavy atom. The Hall–Kier alpha value is -1.31. The van der Waals surface area contributed by atoms with Crippen molar-refractivity contribution in [2.75, 3.05) is 20.1 Å². The van der Waals surface area contributed by atoms with Crippen LogP contribution in [0.5, 0.6) is 0 Å². The smallest absolute Gasteiger partial charge is 0.307 e. The summed E-state index contributed by atoms with van der Waals surface area (Å²) in [6.07, 6.45) is 0.252. The van der Waals surface area contributed by atoms with Crippen molar-refractivity contribution in [1.29, 1.82) is 0 Å². The van der Waals surface area contributed by atoms with Gasteiger partial charge in [0, 0.05) is 20.1 Å². The van der Waals surface area contributed by atoms with Gasteiger partial charge in [0.2, 0.25) is 0 Å². The van der Waals surface area contributed by atoms with Gasteiger partial charge in [0.05, 0.1) is 12.5 Å². The van der Waals surface area contributed by atoms with E-state index in [1.165, 1.54) is 11.1 Å². The van der Waals surface area contributed by atoms with Crippen LogP contribution in [-0.4, -0.2) is 38.2 Å². The van der Waals surface area contributed by atoms with Crippen molar-refractivity contribution in [2.45, 2.75) is 46.1 Å². The maximum Gasteiger partial charge on any atom is 0.307 e. The summed E-state index contributed by atoms with van der Waals surface area (Å²) in [5.41, 5.74) is 2.55. The third-order valence-electron chi connectivity index (χ3n) is 3.43. The molecular formula is C18H30IN3O2. The standard InChI is InChI=1S/C18H29N3O2.HI/c1-13(2)23-17(22)10-11-20-18(19-5)21-12-15(4)16-8-6-14(3)7-9-16;/h6-9,13,15H,10-12H2,1-5H3,(H2,19,20,21);1H. The van der Waals surface area contributed by atoms with Gasteiger partial charge in [0.25, 0.3) is 0 Å².